The van der Waals surface area contributed by atoms with E-state index in [1.54, 1.807) is 13.4 Å². The second kappa shape index (κ2) is 8.59. The van der Waals surface area contributed by atoms with Crippen LogP contribution in [0.1, 0.15) is 18.4 Å². The van der Waals surface area contributed by atoms with E-state index >= 15 is 0 Å². The second-order valence-corrected chi connectivity index (χ2v) is 8.34. The number of hydrogen-bond acceptors (Lipinski definition) is 7. The molecule has 5 rings (SSSR count). The van der Waals surface area contributed by atoms with Gasteiger partial charge in [0.05, 0.1) is 13.7 Å². The first kappa shape index (κ1) is 20.5. The summed E-state index contributed by atoms with van der Waals surface area (Å²) in [4.78, 5) is 15.7. The third kappa shape index (κ3) is 3.58. The summed E-state index contributed by atoms with van der Waals surface area (Å²) in [6, 6.07) is 16.9. The van der Waals surface area contributed by atoms with Gasteiger partial charge in [0.15, 0.2) is 11.6 Å². The fourth-order valence-corrected chi connectivity index (χ4v) is 4.79. The van der Waals surface area contributed by atoms with Gasteiger partial charge in [-0.1, -0.05) is 42.5 Å². The summed E-state index contributed by atoms with van der Waals surface area (Å²) < 4.78 is 5.59. The van der Waals surface area contributed by atoms with Gasteiger partial charge in [0, 0.05) is 36.8 Å². The molecule has 2 aliphatic rings. The molecule has 7 nitrogen and oxygen atoms in total. The standard InChI is InChI=1S/C25H28N6O/c1-32-21-8-3-2-7-20(21)18-5-4-6-19(15-18)25(16-26)9-13-31(14-10-25)24-22-23(29-17-30-24)28-12-11-27-22/h2-8,11,15,17H,9-10,12-14,16,26H2,1H3,(H,28,29,30). The van der Waals surface area contributed by atoms with Gasteiger partial charge in [-0.25, -0.2) is 9.97 Å². The minimum atomic E-state index is -0.0663. The van der Waals surface area contributed by atoms with Gasteiger partial charge in [-0.15, -0.1) is 0 Å². The van der Waals surface area contributed by atoms with E-state index in [1.807, 2.05) is 24.4 Å². The molecule has 1 aromatic heterocycles. The van der Waals surface area contributed by atoms with Crippen LogP contribution < -0.4 is 20.7 Å². The van der Waals surface area contributed by atoms with E-state index in [1.165, 1.54) is 5.56 Å². The monoisotopic (exact) mass is 428 g/mol. The highest BCUT2D eigenvalue weighted by Gasteiger charge is 2.36. The SMILES string of the molecule is COc1ccccc1-c1cccc(C2(CN)CCN(c3ncnc4c3N=CCN4)CC2)c1. The van der Waals surface area contributed by atoms with Gasteiger partial charge in [0.25, 0.3) is 0 Å². The maximum Gasteiger partial charge on any atom is 0.160 e. The van der Waals surface area contributed by atoms with Crippen LogP contribution in [0.2, 0.25) is 0 Å². The van der Waals surface area contributed by atoms with Crippen molar-refractivity contribution in [3.8, 4) is 16.9 Å². The Labute approximate surface area is 188 Å². The molecule has 0 radical (unpaired) electrons. The van der Waals surface area contributed by atoms with E-state index in [0.717, 1.165) is 60.1 Å². The molecule has 0 bridgehead atoms. The van der Waals surface area contributed by atoms with Crippen molar-refractivity contribution in [3.05, 3.63) is 60.4 Å². The zero-order chi connectivity index (χ0) is 22.0. The third-order valence-electron chi connectivity index (χ3n) is 6.69. The molecular weight excluding hydrogens is 400 g/mol. The Morgan fingerprint density at radius 1 is 1.09 bits per heavy atom. The number of methoxy groups -OCH3 is 1. The quantitative estimate of drug-likeness (QED) is 0.643. The molecule has 2 aliphatic heterocycles. The molecule has 3 heterocycles. The van der Waals surface area contributed by atoms with Crippen LogP contribution in [0.3, 0.4) is 0 Å². The number of benzene rings is 2. The summed E-state index contributed by atoms with van der Waals surface area (Å²) in [5.41, 5.74) is 10.7. The lowest BCUT2D eigenvalue weighted by atomic mass is 9.72. The zero-order valence-electron chi connectivity index (χ0n) is 18.3. The first-order valence-corrected chi connectivity index (χ1v) is 11.0. The zero-order valence-corrected chi connectivity index (χ0v) is 18.3. The number of fused-ring (bicyclic) bond motifs is 1. The molecule has 32 heavy (non-hydrogen) atoms. The Hall–Kier alpha value is -3.45. The first-order chi connectivity index (χ1) is 15.7. The Morgan fingerprint density at radius 3 is 2.75 bits per heavy atom. The number of ether oxygens (including phenoxy) is 1. The van der Waals surface area contributed by atoms with Crippen molar-refractivity contribution in [3.63, 3.8) is 0 Å². The van der Waals surface area contributed by atoms with Crippen LogP contribution in [0.15, 0.2) is 59.9 Å². The van der Waals surface area contributed by atoms with Crippen molar-refractivity contribution < 1.29 is 4.74 Å². The topological polar surface area (TPSA) is 88.7 Å². The van der Waals surface area contributed by atoms with E-state index in [-0.39, 0.29) is 5.41 Å². The van der Waals surface area contributed by atoms with Crippen molar-refractivity contribution in [1.82, 2.24) is 9.97 Å². The number of para-hydroxylation sites is 1. The highest BCUT2D eigenvalue weighted by molar-refractivity contribution is 5.84. The predicted molar refractivity (Wildman–Crippen MR) is 129 cm³/mol. The fraction of sp³-hybridized carbons (Fsp3) is 0.320. The molecular formula is C25H28N6O. The molecule has 3 N–H and O–H groups in total. The lowest BCUT2D eigenvalue weighted by Gasteiger charge is -2.42. The van der Waals surface area contributed by atoms with Crippen LogP contribution in [-0.2, 0) is 5.41 Å². The molecule has 3 aromatic rings. The number of nitrogens with one attached hydrogen (secondary N) is 1. The summed E-state index contributed by atoms with van der Waals surface area (Å²) in [5, 5.41) is 3.27. The largest absolute Gasteiger partial charge is 0.496 e. The van der Waals surface area contributed by atoms with Gasteiger partial charge in [-0.3, -0.25) is 4.99 Å². The van der Waals surface area contributed by atoms with Gasteiger partial charge in [-0.2, -0.15) is 0 Å². The summed E-state index contributed by atoms with van der Waals surface area (Å²) >= 11 is 0. The molecule has 0 amide bonds. The average molecular weight is 429 g/mol. The molecule has 0 spiro atoms. The molecule has 2 aromatic carbocycles. The van der Waals surface area contributed by atoms with E-state index in [0.29, 0.717) is 13.1 Å². The Morgan fingerprint density at radius 2 is 1.94 bits per heavy atom. The molecule has 7 heteroatoms. The second-order valence-electron chi connectivity index (χ2n) is 8.34. The van der Waals surface area contributed by atoms with E-state index in [4.69, 9.17) is 10.5 Å². The van der Waals surface area contributed by atoms with Gasteiger partial charge < -0.3 is 20.7 Å². The van der Waals surface area contributed by atoms with Crippen LogP contribution in [0, 0.1) is 0 Å². The molecule has 1 fully saturated rings. The van der Waals surface area contributed by atoms with Crippen molar-refractivity contribution in [1.29, 1.82) is 0 Å². The number of hydrogen-bond donors (Lipinski definition) is 2. The Bertz CT molecular complexity index is 1140. The number of anilines is 2. The van der Waals surface area contributed by atoms with Crippen molar-refractivity contribution >= 4 is 23.5 Å². The van der Waals surface area contributed by atoms with E-state index in [2.05, 4.69) is 55.5 Å². The number of nitrogens with zero attached hydrogens (tertiary/aromatic N) is 4. The van der Waals surface area contributed by atoms with Crippen LogP contribution in [0.5, 0.6) is 5.75 Å². The number of aromatic nitrogens is 2. The fourth-order valence-electron chi connectivity index (χ4n) is 4.79. The number of nitrogens with two attached hydrogens (primary N) is 1. The molecule has 0 atom stereocenters. The number of rotatable bonds is 5. The van der Waals surface area contributed by atoms with E-state index < -0.39 is 0 Å². The Balaban J connectivity index is 1.42. The van der Waals surface area contributed by atoms with Gasteiger partial charge in [0.2, 0.25) is 0 Å². The van der Waals surface area contributed by atoms with Crippen LogP contribution in [-0.4, -0.2) is 49.5 Å². The molecule has 164 valence electrons. The molecule has 0 aliphatic carbocycles. The highest BCUT2D eigenvalue weighted by atomic mass is 16.5. The smallest absolute Gasteiger partial charge is 0.160 e. The summed E-state index contributed by atoms with van der Waals surface area (Å²) in [7, 11) is 1.71. The third-order valence-corrected chi connectivity index (χ3v) is 6.69. The van der Waals surface area contributed by atoms with Gasteiger partial charge in [0.1, 0.15) is 17.8 Å². The van der Waals surface area contributed by atoms with Crippen LogP contribution in [0.4, 0.5) is 17.3 Å². The highest BCUT2D eigenvalue weighted by Crippen LogP contribution is 2.41. The Kier molecular flexibility index (Phi) is 5.49. The first-order valence-electron chi connectivity index (χ1n) is 11.0. The molecule has 0 saturated carbocycles. The van der Waals surface area contributed by atoms with Crippen molar-refractivity contribution in [2.24, 2.45) is 10.7 Å². The van der Waals surface area contributed by atoms with Gasteiger partial charge in [-0.05, 0) is 30.0 Å². The number of aliphatic imine (C=N–C) groups is 1. The molecule has 1 saturated heterocycles. The van der Waals surface area contributed by atoms with Crippen LogP contribution >= 0.6 is 0 Å². The number of piperidine rings is 1. The lowest BCUT2D eigenvalue weighted by Crippen LogP contribution is -2.47. The predicted octanol–water partition coefficient (Wildman–Crippen LogP) is 3.78. The lowest BCUT2D eigenvalue weighted by molar-refractivity contribution is 0.339. The van der Waals surface area contributed by atoms with Crippen molar-refractivity contribution in [2.45, 2.75) is 18.3 Å². The summed E-state index contributed by atoms with van der Waals surface area (Å²) in [6.07, 6.45) is 5.39. The normalized spacial score (nSPS) is 16.9. The summed E-state index contributed by atoms with van der Waals surface area (Å²) in [5.74, 6) is 2.58. The van der Waals surface area contributed by atoms with E-state index in [9.17, 15) is 0 Å². The minimum Gasteiger partial charge on any atom is -0.496 e. The maximum atomic E-state index is 6.41. The average Bonchev–Trinajstić information content (AvgIpc) is 2.88. The molecule has 0 unspecified atom stereocenters. The maximum absolute atomic E-state index is 6.41. The minimum absolute atomic E-state index is 0.0663. The van der Waals surface area contributed by atoms with Crippen molar-refractivity contribution in [2.75, 3.05) is 43.5 Å². The van der Waals surface area contributed by atoms with Gasteiger partial charge >= 0.3 is 0 Å². The van der Waals surface area contributed by atoms with Crippen LogP contribution in [0.25, 0.3) is 11.1 Å². The summed E-state index contributed by atoms with van der Waals surface area (Å²) in [6.45, 7) is 3.05.